The van der Waals surface area contributed by atoms with E-state index in [0.717, 1.165) is 18.4 Å². The number of allylic oxidation sites excluding steroid dienone is 1. The molecule has 0 unspecified atom stereocenters. The SMILES string of the molecule is COCOCc1ccc(/C=C/[C@@H](C[C@H](O)CC(C)C)[Si](C)(C)c2ccccc2)cc1. The molecule has 0 aliphatic carbocycles. The molecule has 1 N–H and O–H groups in total. The Morgan fingerprint density at radius 2 is 1.63 bits per heavy atom. The first-order valence-corrected chi connectivity index (χ1v) is 14.0. The van der Waals surface area contributed by atoms with E-state index in [-0.39, 0.29) is 6.10 Å². The first kappa shape index (κ1) is 24.5. The molecule has 0 bridgehead atoms. The van der Waals surface area contributed by atoms with Crippen LogP contribution >= 0.6 is 0 Å². The second-order valence-electron chi connectivity index (χ2n) is 9.07. The fourth-order valence-corrected chi connectivity index (χ4v) is 6.74. The first-order valence-electron chi connectivity index (χ1n) is 10.9. The van der Waals surface area contributed by atoms with Crippen molar-refractivity contribution in [3.05, 3.63) is 71.8 Å². The maximum Gasteiger partial charge on any atom is 0.146 e. The molecule has 2 aromatic rings. The molecule has 2 rings (SSSR count). The minimum atomic E-state index is -1.79. The Hall–Kier alpha value is -1.72. The summed E-state index contributed by atoms with van der Waals surface area (Å²) < 4.78 is 10.3. The number of benzene rings is 2. The van der Waals surface area contributed by atoms with E-state index in [2.05, 4.69) is 93.7 Å². The number of ether oxygens (including phenoxy) is 2. The van der Waals surface area contributed by atoms with Crippen LogP contribution in [0.15, 0.2) is 60.7 Å². The zero-order valence-electron chi connectivity index (χ0n) is 19.2. The Balaban J connectivity index is 2.17. The molecule has 4 heteroatoms. The molecule has 3 nitrogen and oxygen atoms in total. The normalized spacial score (nSPS) is 14.4. The van der Waals surface area contributed by atoms with Crippen molar-refractivity contribution >= 4 is 19.3 Å². The fourth-order valence-electron chi connectivity index (χ4n) is 3.82. The van der Waals surface area contributed by atoms with Gasteiger partial charge in [0.2, 0.25) is 0 Å². The lowest BCUT2D eigenvalue weighted by molar-refractivity contribution is -0.0390. The van der Waals surface area contributed by atoms with Gasteiger partial charge in [0.05, 0.1) is 20.8 Å². The molecule has 0 radical (unpaired) electrons. The molecule has 0 spiro atoms. The Morgan fingerprint density at radius 1 is 0.967 bits per heavy atom. The van der Waals surface area contributed by atoms with Crippen molar-refractivity contribution in [1.29, 1.82) is 0 Å². The summed E-state index contributed by atoms with van der Waals surface area (Å²) in [6, 6.07) is 19.3. The molecule has 0 saturated heterocycles. The zero-order chi connectivity index (χ0) is 22.0. The van der Waals surface area contributed by atoms with Gasteiger partial charge in [-0.3, -0.25) is 0 Å². The molecule has 164 valence electrons. The quantitative estimate of drug-likeness (QED) is 0.273. The molecule has 0 aliphatic heterocycles. The third kappa shape index (κ3) is 7.84. The minimum absolute atomic E-state index is 0.268. The van der Waals surface area contributed by atoms with Crippen LogP contribution < -0.4 is 5.19 Å². The van der Waals surface area contributed by atoms with Crippen molar-refractivity contribution in [3.63, 3.8) is 0 Å². The maximum atomic E-state index is 10.7. The summed E-state index contributed by atoms with van der Waals surface area (Å²) >= 11 is 0. The highest BCUT2D eigenvalue weighted by Crippen LogP contribution is 2.31. The molecule has 0 aliphatic rings. The lowest BCUT2D eigenvalue weighted by Gasteiger charge is -2.33. The van der Waals surface area contributed by atoms with Crippen molar-refractivity contribution < 1.29 is 14.6 Å². The third-order valence-electron chi connectivity index (χ3n) is 5.68. The van der Waals surface area contributed by atoms with Gasteiger partial charge in [0.25, 0.3) is 0 Å². The topological polar surface area (TPSA) is 38.7 Å². The molecule has 2 atom stereocenters. The Kier molecular flexibility index (Phi) is 9.99. The lowest BCUT2D eigenvalue weighted by atomic mass is 10.0. The second kappa shape index (κ2) is 12.2. The van der Waals surface area contributed by atoms with Gasteiger partial charge >= 0.3 is 0 Å². The first-order chi connectivity index (χ1) is 14.3. The van der Waals surface area contributed by atoms with E-state index in [0.29, 0.717) is 24.9 Å². The smallest absolute Gasteiger partial charge is 0.146 e. The van der Waals surface area contributed by atoms with Crippen molar-refractivity contribution in [1.82, 2.24) is 0 Å². The Morgan fingerprint density at radius 3 is 2.23 bits per heavy atom. The zero-order valence-corrected chi connectivity index (χ0v) is 20.2. The van der Waals surface area contributed by atoms with E-state index in [1.807, 2.05) is 0 Å². The molecule has 30 heavy (non-hydrogen) atoms. The summed E-state index contributed by atoms with van der Waals surface area (Å²) in [5, 5.41) is 12.1. The molecule has 0 saturated carbocycles. The van der Waals surface area contributed by atoms with Crippen molar-refractivity contribution in [3.8, 4) is 0 Å². The monoisotopic (exact) mass is 426 g/mol. The Labute approximate surface area is 183 Å². The van der Waals surface area contributed by atoms with Gasteiger partial charge in [-0.1, -0.05) is 98.9 Å². The van der Waals surface area contributed by atoms with Crippen LogP contribution in [0.3, 0.4) is 0 Å². The highest BCUT2D eigenvalue weighted by Gasteiger charge is 2.33. The molecular formula is C26H38O3Si. The summed E-state index contributed by atoms with van der Waals surface area (Å²) in [4.78, 5) is 0. The largest absolute Gasteiger partial charge is 0.393 e. The molecule has 0 heterocycles. The van der Waals surface area contributed by atoms with Crippen LogP contribution in [0.25, 0.3) is 6.08 Å². The standard InChI is InChI=1S/C26H38O3Si/c1-21(2)17-24(27)18-26(30(4,5)25-9-7-6-8-10-25)16-15-22-11-13-23(14-12-22)19-29-20-28-3/h6-16,21,24,26-27H,17-20H2,1-5H3/b16-15+/t24-,26+/m1/s1. The average molecular weight is 427 g/mol. The van der Waals surface area contributed by atoms with Crippen molar-refractivity contribution in [2.24, 2.45) is 5.92 Å². The Bertz CT molecular complexity index is 754. The van der Waals surface area contributed by atoms with Gasteiger partial charge in [0, 0.05) is 7.11 Å². The van der Waals surface area contributed by atoms with Gasteiger partial charge in [-0.25, -0.2) is 0 Å². The summed E-state index contributed by atoms with van der Waals surface area (Å²) in [5.41, 5.74) is 2.66. The van der Waals surface area contributed by atoms with Crippen LogP contribution in [0.5, 0.6) is 0 Å². The number of aliphatic hydroxyl groups excluding tert-OH is 1. The van der Waals surface area contributed by atoms with Gasteiger partial charge in [-0.05, 0) is 35.4 Å². The van der Waals surface area contributed by atoms with Gasteiger partial charge in [0.1, 0.15) is 6.79 Å². The van der Waals surface area contributed by atoms with Crippen LogP contribution in [0.4, 0.5) is 0 Å². The van der Waals surface area contributed by atoms with E-state index in [1.54, 1.807) is 7.11 Å². The minimum Gasteiger partial charge on any atom is -0.393 e. The highest BCUT2D eigenvalue weighted by atomic mass is 28.3. The van der Waals surface area contributed by atoms with Crippen molar-refractivity contribution in [2.75, 3.05) is 13.9 Å². The number of hydrogen-bond donors (Lipinski definition) is 1. The van der Waals surface area contributed by atoms with Crippen LogP contribution in [0.1, 0.15) is 37.8 Å². The third-order valence-corrected chi connectivity index (χ3v) is 9.79. The summed E-state index contributed by atoms with van der Waals surface area (Å²) in [6.45, 7) is 10.0. The summed E-state index contributed by atoms with van der Waals surface area (Å²) in [5.74, 6) is 0.499. The highest BCUT2D eigenvalue weighted by molar-refractivity contribution is 6.91. The van der Waals surface area contributed by atoms with Crippen LogP contribution in [0, 0.1) is 5.92 Å². The van der Waals surface area contributed by atoms with Crippen LogP contribution in [-0.4, -0.2) is 33.2 Å². The predicted molar refractivity (Wildman–Crippen MR) is 130 cm³/mol. The molecule has 0 aromatic heterocycles. The maximum absolute atomic E-state index is 10.7. The van der Waals surface area contributed by atoms with Gasteiger partial charge in [-0.15, -0.1) is 0 Å². The lowest BCUT2D eigenvalue weighted by Crippen LogP contribution is -2.46. The molecule has 0 fully saturated rings. The number of aliphatic hydroxyl groups is 1. The molecule has 0 amide bonds. The van der Waals surface area contributed by atoms with Crippen LogP contribution in [0.2, 0.25) is 18.6 Å². The number of methoxy groups -OCH3 is 1. The van der Waals surface area contributed by atoms with E-state index in [9.17, 15) is 5.11 Å². The van der Waals surface area contributed by atoms with Gasteiger partial charge < -0.3 is 14.6 Å². The van der Waals surface area contributed by atoms with Gasteiger partial charge in [-0.2, -0.15) is 0 Å². The number of hydrogen-bond acceptors (Lipinski definition) is 3. The molecule has 2 aromatic carbocycles. The van der Waals surface area contributed by atoms with E-state index in [1.165, 1.54) is 10.8 Å². The number of rotatable bonds is 12. The van der Waals surface area contributed by atoms with E-state index < -0.39 is 8.07 Å². The van der Waals surface area contributed by atoms with E-state index in [4.69, 9.17) is 9.47 Å². The molecular weight excluding hydrogens is 388 g/mol. The van der Waals surface area contributed by atoms with Crippen molar-refractivity contribution in [2.45, 2.75) is 58.0 Å². The summed E-state index contributed by atoms with van der Waals surface area (Å²) in [6.07, 6.45) is 5.94. The fraction of sp³-hybridized carbons (Fsp3) is 0.462. The van der Waals surface area contributed by atoms with Gasteiger partial charge in [0.15, 0.2) is 0 Å². The van der Waals surface area contributed by atoms with Crippen LogP contribution in [-0.2, 0) is 16.1 Å². The summed E-state index contributed by atoms with van der Waals surface area (Å²) in [7, 11) is -0.162. The second-order valence-corrected chi connectivity index (χ2v) is 13.8. The van der Waals surface area contributed by atoms with E-state index >= 15 is 0 Å². The predicted octanol–water partition coefficient (Wildman–Crippen LogP) is 5.60. The average Bonchev–Trinajstić information content (AvgIpc) is 2.72.